The summed E-state index contributed by atoms with van der Waals surface area (Å²) in [5.41, 5.74) is 3.65. The predicted molar refractivity (Wildman–Crippen MR) is 121 cm³/mol. The minimum atomic E-state index is -0.224. The van der Waals surface area contributed by atoms with Crippen LogP contribution in [0.5, 0.6) is 0 Å². The van der Waals surface area contributed by atoms with Crippen molar-refractivity contribution in [2.75, 3.05) is 37.7 Å². The maximum absolute atomic E-state index is 12.1. The van der Waals surface area contributed by atoms with Crippen molar-refractivity contribution in [1.29, 1.82) is 0 Å². The van der Waals surface area contributed by atoms with E-state index >= 15 is 0 Å². The maximum Gasteiger partial charge on any atom is 0.409 e. The third-order valence-corrected chi connectivity index (χ3v) is 6.06. The molecule has 4 rings (SSSR count). The van der Waals surface area contributed by atoms with Gasteiger partial charge in [-0.15, -0.1) is 0 Å². The van der Waals surface area contributed by atoms with Crippen molar-refractivity contribution in [2.45, 2.75) is 19.8 Å². The van der Waals surface area contributed by atoms with Gasteiger partial charge in [-0.2, -0.15) is 5.10 Å². The highest BCUT2D eigenvalue weighted by molar-refractivity contribution is 9.10. The standard InChI is InChI=1S/C21H23BrClN5O2/c1-2-3-10-30-21(29)27-8-6-26(7-9-27)19-5-4-15(11-18(19)23)16-12-24-20-17(22)13-25-28(20)14-16/h4-5,11-14H,2-3,6-10H2,1H3. The van der Waals surface area contributed by atoms with Crippen molar-refractivity contribution < 1.29 is 9.53 Å². The molecule has 9 heteroatoms. The number of fused-ring (bicyclic) bond motifs is 1. The molecule has 0 bridgehead atoms. The number of ether oxygens (including phenoxy) is 1. The fourth-order valence-corrected chi connectivity index (χ4v) is 4.14. The van der Waals surface area contributed by atoms with Gasteiger partial charge in [-0.1, -0.05) is 31.0 Å². The number of benzene rings is 1. The number of carbonyl (C=O) groups excluding carboxylic acids is 1. The van der Waals surface area contributed by atoms with Crippen molar-refractivity contribution in [3.05, 3.63) is 46.3 Å². The minimum absolute atomic E-state index is 0.224. The first kappa shape index (κ1) is 20.9. The van der Waals surface area contributed by atoms with Crippen LogP contribution in [0, 0.1) is 0 Å². The van der Waals surface area contributed by atoms with Crippen LogP contribution in [0.2, 0.25) is 5.02 Å². The fraction of sp³-hybridized carbons (Fsp3) is 0.381. The summed E-state index contributed by atoms with van der Waals surface area (Å²) < 4.78 is 7.90. The van der Waals surface area contributed by atoms with Gasteiger partial charge < -0.3 is 14.5 Å². The van der Waals surface area contributed by atoms with Crippen LogP contribution in [0.15, 0.2) is 41.3 Å². The van der Waals surface area contributed by atoms with Crippen molar-refractivity contribution in [3.8, 4) is 11.1 Å². The molecule has 0 radical (unpaired) electrons. The van der Waals surface area contributed by atoms with E-state index in [9.17, 15) is 4.79 Å². The number of carbonyl (C=O) groups is 1. The lowest BCUT2D eigenvalue weighted by Gasteiger charge is -2.36. The second-order valence-electron chi connectivity index (χ2n) is 7.21. The molecule has 0 N–H and O–H groups in total. The van der Waals surface area contributed by atoms with Crippen LogP contribution in [-0.4, -0.2) is 58.4 Å². The number of unbranched alkanes of at least 4 members (excludes halogenated alkanes) is 1. The Kier molecular flexibility index (Phi) is 6.43. The Morgan fingerprint density at radius 3 is 2.73 bits per heavy atom. The Bertz CT molecular complexity index is 1050. The molecule has 0 unspecified atom stereocenters. The lowest BCUT2D eigenvalue weighted by molar-refractivity contribution is 0.0989. The van der Waals surface area contributed by atoms with Gasteiger partial charge in [0.2, 0.25) is 0 Å². The molecule has 1 aromatic carbocycles. The SMILES string of the molecule is CCCCOC(=O)N1CCN(c2ccc(-c3cnc4c(Br)cnn4c3)cc2Cl)CC1. The zero-order chi connectivity index (χ0) is 21.1. The Hall–Kier alpha value is -2.32. The molecule has 3 heterocycles. The average Bonchev–Trinajstić information content (AvgIpc) is 3.14. The first-order valence-corrected chi connectivity index (χ1v) is 11.2. The quantitative estimate of drug-likeness (QED) is 0.476. The van der Waals surface area contributed by atoms with Crippen molar-refractivity contribution in [3.63, 3.8) is 0 Å². The molecular formula is C21H23BrClN5O2. The Balaban J connectivity index is 1.43. The van der Waals surface area contributed by atoms with E-state index < -0.39 is 0 Å². The zero-order valence-corrected chi connectivity index (χ0v) is 19.1. The molecule has 1 fully saturated rings. The lowest BCUT2D eigenvalue weighted by atomic mass is 10.1. The first-order valence-electron chi connectivity index (χ1n) is 10.0. The van der Waals surface area contributed by atoms with Gasteiger partial charge in [0.15, 0.2) is 5.65 Å². The minimum Gasteiger partial charge on any atom is -0.449 e. The summed E-state index contributed by atoms with van der Waals surface area (Å²) in [5.74, 6) is 0. The highest BCUT2D eigenvalue weighted by Crippen LogP contribution is 2.32. The molecule has 0 aliphatic carbocycles. The number of rotatable bonds is 5. The van der Waals surface area contributed by atoms with Gasteiger partial charge in [0, 0.05) is 44.1 Å². The van der Waals surface area contributed by atoms with Gasteiger partial charge in [0.1, 0.15) is 0 Å². The van der Waals surface area contributed by atoms with Gasteiger partial charge in [0.25, 0.3) is 0 Å². The Labute approximate surface area is 188 Å². The van der Waals surface area contributed by atoms with E-state index in [0.29, 0.717) is 24.7 Å². The predicted octanol–water partition coefficient (Wildman–Crippen LogP) is 4.87. The second kappa shape index (κ2) is 9.22. The van der Waals surface area contributed by atoms with Crippen LogP contribution in [0.1, 0.15) is 19.8 Å². The summed E-state index contributed by atoms with van der Waals surface area (Å²) in [6, 6.07) is 6.01. The van der Waals surface area contributed by atoms with Crippen molar-refractivity contribution in [1.82, 2.24) is 19.5 Å². The molecule has 0 atom stereocenters. The molecule has 158 valence electrons. The van der Waals surface area contributed by atoms with Gasteiger partial charge in [-0.05, 0) is 40.0 Å². The van der Waals surface area contributed by atoms with Crippen LogP contribution >= 0.6 is 27.5 Å². The van der Waals surface area contributed by atoms with E-state index in [1.165, 1.54) is 0 Å². The largest absolute Gasteiger partial charge is 0.449 e. The lowest BCUT2D eigenvalue weighted by Crippen LogP contribution is -2.49. The van der Waals surface area contributed by atoms with Gasteiger partial charge in [-0.3, -0.25) is 0 Å². The number of hydrogen-bond acceptors (Lipinski definition) is 5. The molecular weight excluding hydrogens is 470 g/mol. The molecule has 7 nitrogen and oxygen atoms in total. The number of halogens is 2. The summed E-state index contributed by atoms with van der Waals surface area (Å²) in [6.45, 7) is 5.25. The van der Waals surface area contributed by atoms with E-state index in [0.717, 1.165) is 52.9 Å². The molecule has 1 saturated heterocycles. The van der Waals surface area contributed by atoms with Crippen molar-refractivity contribution in [2.24, 2.45) is 0 Å². The summed E-state index contributed by atoms with van der Waals surface area (Å²) >= 11 is 10.1. The van der Waals surface area contributed by atoms with Crippen LogP contribution in [0.3, 0.4) is 0 Å². The number of aromatic nitrogens is 3. The third kappa shape index (κ3) is 4.39. The molecule has 3 aromatic rings. The van der Waals surface area contributed by atoms with Crippen LogP contribution < -0.4 is 4.90 Å². The summed E-state index contributed by atoms with van der Waals surface area (Å²) in [7, 11) is 0. The van der Waals surface area contributed by atoms with Crippen LogP contribution in [-0.2, 0) is 4.74 Å². The highest BCUT2D eigenvalue weighted by Gasteiger charge is 2.23. The summed E-state index contributed by atoms with van der Waals surface area (Å²) in [6.07, 6.45) is 7.16. The number of amides is 1. The average molecular weight is 493 g/mol. The zero-order valence-electron chi connectivity index (χ0n) is 16.7. The summed E-state index contributed by atoms with van der Waals surface area (Å²) in [4.78, 5) is 20.5. The number of nitrogens with zero attached hydrogens (tertiary/aromatic N) is 5. The third-order valence-electron chi connectivity index (χ3n) is 5.20. The Morgan fingerprint density at radius 1 is 1.20 bits per heavy atom. The Morgan fingerprint density at radius 2 is 2.00 bits per heavy atom. The van der Waals surface area contributed by atoms with Crippen LogP contribution in [0.4, 0.5) is 10.5 Å². The van der Waals surface area contributed by atoms with E-state index in [1.807, 2.05) is 30.6 Å². The molecule has 1 aliphatic rings. The van der Waals surface area contributed by atoms with E-state index in [1.54, 1.807) is 15.6 Å². The molecule has 2 aromatic heterocycles. The van der Waals surface area contributed by atoms with Crippen molar-refractivity contribution >= 4 is 45.0 Å². The van der Waals surface area contributed by atoms with E-state index in [2.05, 4.69) is 37.8 Å². The van der Waals surface area contributed by atoms with E-state index in [-0.39, 0.29) is 6.09 Å². The smallest absolute Gasteiger partial charge is 0.409 e. The maximum atomic E-state index is 12.1. The molecule has 30 heavy (non-hydrogen) atoms. The normalized spacial score (nSPS) is 14.4. The second-order valence-corrected chi connectivity index (χ2v) is 8.47. The topological polar surface area (TPSA) is 63.0 Å². The number of hydrogen-bond donors (Lipinski definition) is 0. The molecule has 0 spiro atoms. The summed E-state index contributed by atoms with van der Waals surface area (Å²) in [5, 5.41) is 4.96. The number of anilines is 1. The van der Waals surface area contributed by atoms with Gasteiger partial charge >= 0.3 is 6.09 Å². The molecule has 1 amide bonds. The molecule has 1 aliphatic heterocycles. The number of piperazine rings is 1. The fourth-order valence-electron chi connectivity index (χ4n) is 3.46. The van der Waals surface area contributed by atoms with Gasteiger partial charge in [0.05, 0.1) is 28.0 Å². The molecule has 0 saturated carbocycles. The van der Waals surface area contributed by atoms with E-state index in [4.69, 9.17) is 16.3 Å². The van der Waals surface area contributed by atoms with Crippen LogP contribution in [0.25, 0.3) is 16.8 Å². The highest BCUT2D eigenvalue weighted by atomic mass is 79.9. The monoisotopic (exact) mass is 491 g/mol. The first-order chi connectivity index (χ1) is 14.6. The van der Waals surface area contributed by atoms with Gasteiger partial charge in [-0.25, -0.2) is 14.3 Å².